The smallest absolute Gasteiger partial charge is 0.262 e. The number of hydrogen-bond acceptors (Lipinski definition) is 4. The Labute approximate surface area is 59.1 Å². The monoisotopic (exact) mass is 143 g/mol. The molecule has 56 valence electrons. The van der Waals surface area contributed by atoms with Gasteiger partial charge in [-0.15, -0.1) is 4.70 Å². The maximum Gasteiger partial charge on any atom is 0.262 e. The predicted molar refractivity (Wildman–Crippen MR) is 36.0 cm³/mol. The second kappa shape index (κ2) is 3.38. The van der Waals surface area contributed by atoms with Crippen molar-refractivity contribution in [2.75, 3.05) is 27.0 Å². The maximum absolute atomic E-state index is 8.37. The molecule has 0 fully saturated rings. The van der Waals surface area contributed by atoms with Gasteiger partial charge < -0.3 is 5.11 Å². The molecule has 0 bridgehead atoms. The molecule has 0 aromatic heterocycles. The lowest BCUT2D eigenvalue weighted by Crippen LogP contribution is -2.21. The van der Waals surface area contributed by atoms with Crippen LogP contribution in [-0.4, -0.2) is 42.6 Å². The van der Waals surface area contributed by atoms with Crippen LogP contribution in [0.15, 0.2) is 10.1 Å². The van der Waals surface area contributed by atoms with Gasteiger partial charge in [-0.1, -0.05) is 0 Å². The SMILES string of the molecule is C[N+]1=NC(CNCO)=NC1. The lowest BCUT2D eigenvalue weighted by molar-refractivity contribution is -0.552. The number of nitrogens with one attached hydrogen (secondary N) is 1. The van der Waals surface area contributed by atoms with E-state index in [0.717, 1.165) is 5.84 Å². The molecule has 0 aliphatic carbocycles. The van der Waals surface area contributed by atoms with Crippen molar-refractivity contribution in [3.05, 3.63) is 0 Å². The van der Waals surface area contributed by atoms with E-state index in [-0.39, 0.29) is 6.73 Å². The van der Waals surface area contributed by atoms with Gasteiger partial charge in [0.1, 0.15) is 0 Å². The summed E-state index contributed by atoms with van der Waals surface area (Å²) in [4.78, 5) is 4.06. The third-order valence-corrected chi connectivity index (χ3v) is 1.14. The molecule has 0 aromatic carbocycles. The van der Waals surface area contributed by atoms with Crippen molar-refractivity contribution in [1.29, 1.82) is 0 Å². The molecule has 0 unspecified atom stereocenters. The first-order chi connectivity index (χ1) is 4.83. The average Bonchev–Trinajstić information content (AvgIpc) is 2.31. The number of hydrogen-bond donors (Lipinski definition) is 2. The Kier molecular flexibility index (Phi) is 2.47. The number of nitrogens with zero attached hydrogens (tertiary/aromatic N) is 3. The van der Waals surface area contributed by atoms with Crippen LogP contribution in [0.4, 0.5) is 0 Å². The summed E-state index contributed by atoms with van der Waals surface area (Å²) in [6.45, 7) is 1.14. The molecule has 5 heteroatoms. The van der Waals surface area contributed by atoms with Gasteiger partial charge in [0.2, 0.25) is 5.84 Å². The van der Waals surface area contributed by atoms with Gasteiger partial charge in [0.25, 0.3) is 6.67 Å². The molecule has 1 heterocycles. The van der Waals surface area contributed by atoms with Gasteiger partial charge in [-0.05, 0) is 0 Å². The van der Waals surface area contributed by atoms with Crippen molar-refractivity contribution in [2.24, 2.45) is 10.1 Å². The maximum atomic E-state index is 8.37. The average molecular weight is 143 g/mol. The molecule has 10 heavy (non-hydrogen) atoms. The summed E-state index contributed by atoms with van der Waals surface area (Å²) >= 11 is 0. The van der Waals surface area contributed by atoms with Crippen molar-refractivity contribution in [2.45, 2.75) is 0 Å². The van der Waals surface area contributed by atoms with Gasteiger partial charge in [0.15, 0.2) is 7.05 Å². The molecule has 2 N–H and O–H groups in total. The van der Waals surface area contributed by atoms with E-state index in [9.17, 15) is 0 Å². The normalized spacial score (nSPS) is 17.0. The molecule has 0 aromatic rings. The highest BCUT2D eigenvalue weighted by Gasteiger charge is 2.10. The van der Waals surface area contributed by atoms with Crippen LogP contribution < -0.4 is 5.32 Å². The zero-order chi connectivity index (χ0) is 7.40. The van der Waals surface area contributed by atoms with Gasteiger partial charge in [-0.2, -0.15) is 4.99 Å². The van der Waals surface area contributed by atoms with Crippen LogP contribution in [0.2, 0.25) is 0 Å². The summed E-state index contributed by atoms with van der Waals surface area (Å²) < 4.78 is 1.74. The van der Waals surface area contributed by atoms with E-state index < -0.39 is 0 Å². The van der Waals surface area contributed by atoms with Gasteiger partial charge in [-0.25, -0.2) is 0 Å². The number of rotatable bonds is 3. The summed E-state index contributed by atoms with van der Waals surface area (Å²) in [6, 6.07) is 0. The van der Waals surface area contributed by atoms with Crippen LogP contribution in [0, 0.1) is 0 Å². The van der Waals surface area contributed by atoms with Crippen LogP contribution in [-0.2, 0) is 0 Å². The minimum absolute atomic E-state index is 0.0295. The molecule has 0 saturated carbocycles. The Balaban J connectivity index is 2.29. The molecule has 5 nitrogen and oxygen atoms in total. The summed E-state index contributed by atoms with van der Waals surface area (Å²) in [7, 11) is 1.86. The molecular weight excluding hydrogens is 132 g/mol. The molecule has 0 radical (unpaired) electrons. The second-order valence-corrected chi connectivity index (χ2v) is 2.06. The Morgan fingerprint density at radius 3 is 3.10 bits per heavy atom. The summed E-state index contributed by atoms with van der Waals surface area (Å²) in [5.74, 6) is 0.747. The molecule has 1 rings (SSSR count). The van der Waals surface area contributed by atoms with Crippen LogP contribution in [0.25, 0.3) is 0 Å². The van der Waals surface area contributed by atoms with E-state index in [1.807, 2.05) is 7.05 Å². The minimum atomic E-state index is -0.0295. The number of aliphatic hydroxyl groups is 1. The number of azo groups is 2. The van der Waals surface area contributed by atoms with Crippen LogP contribution in [0.5, 0.6) is 0 Å². The molecule has 0 spiro atoms. The number of aliphatic hydroxyl groups excluding tert-OH is 1. The second-order valence-electron chi connectivity index (χ2n) is 2.06. The molecule has 0 amide bonds. The summed E-state index contributed by atoms with van der Waals surface area (Å²) in [5.41, 5.74) is 0. The zero-order valence-corrected chi connectivity index (χ0v) is 5.91. The minimum Gasteiger partial charge on any atom is -0.381 e. The Hall–Kier alpha value is -0.810. The van der Waals surface area contributed by atoms with E-state index in [4.69, 9.17) is 5.11 Å². The molecular formula is C5H11N4O+. The van der Waals surface area contributed by atoms with E-state index in [1.165, 1.54) is 0 Å². The van der Waals surface area contributed by atoms with Gasteiger partial charge in [0.05, 0.1) is 13.3 Å². The molecule has 0 saturated heterocycles. The van der Waals surface area contributed by atoms with Crippen molar-refractivity contribution < 1.29 is 9.80 Å². The topological polar surface area (TPSA) is 60.0 Å². The van der Waals surface area contributed by atoms with E-state index >= 15 is 0 Å². The zero-order valence-electron chi connectivity index (χ0n) is 5.91. The highest BCUT2D eigenvalue weighted by atomic mass is 16.3. The molecule has 0 atom stereocenters. The fraction of sp³-hybridized carbons (Fsp3) is 0.800. The highest BCUT2D eigenvalue weighted by molar-refractivity contribution is 5.84. The van der Waals surface area contributed by atoms with Crippen molar-refractivity contribution in [3.63, 3.8) is 0 Å². The third kappa shape index (κ3) is 1.85. The Bertz CT molecular complexity index is 174. The van der Waals surface area contributed by atoms with Crippen LogP contribution in [0.3, 0.4) is 0 Å². The van der Waals surface area contributed by atoms with Crippen molar-refractivity contribution in [3.8, 4) is 0 Å². The van der Waals surface area contributed by atoms with Crippen LogP contribution >= 0.6 is 0 Å². The largest absolute Gasteiger partial charge is 0.381 e. The summed E-state index contributed by atoms with van der Waals surface area (Å²) in [6.07, 6.45) is 0. The van der Waals surface area contributed by atoms with Gasteiger partial charge >= 0.3 is 0 Å². The van der Waals surface area contributed by atoms with E-state index in [1.54, 1.807) is 4.70 Å². The fourth-order valence-electron chi connectivity index (χ4n) is 0.703. The number of aliphatic imine (C=N–C) groups is 1. The van der Waals surface area contributed by atoms with Crippen LogP contribution in [0.1, 0.15) is 0 Å². The van der Waals surface area contributed by atoms with E-state index in [0.29, 0.717) is 13.2 Å². The molecule has 1 aliphatic rings. The first kappa shape index (κ1) is 7.30. The number of amidine groups is 1. The van der Waals surface area contributed by atoms with Gasteiger partial charge in [0, 0.05) is 5.11 Å². The lowest BCUT2D eigenvalue weighted by Gasteiger charge is -1.91. The van der Waals surface area contributed by atoms with Crippen molar-refractivity contribution >= 4 is 5.84 Å². The molecule has 1 aliphatic heterocycles. The van der Waals surface area contributed by atoms with Crippen molar-refractivity contribution in [1.82, 2.24) is 5.32 Å². The fourth-order valence-corrected chi connectivity index (χ4v) is 0.703. The summed E-state index contributed by atoms with van der Waals surface area (Å²) in [5, 5.41) is 15.1. The van der Waals surface area contributed by atoms with E-state index in [2.05, 4.69) is 15.4 Å². The Morgan fingerprint density at radius 1 is 1.80 bits per heavy atom. The Morgan fingerprint density at radius 2 is 2.60 bits per heavy atom. The predicted octanol–water partition coefficient (Wildman–Crippen LogP) is -1.01. The standard InChI is InChI=1S/C5H11N4O/c1-9-3-7-5(8-9)2-6-4-10/h6,10H,2-4H2,1H3/q+1. The van der Waals surface area contributed by atoms with Gasteiger partial charge in [-0.3, -0.25) is 5.32 Å². The highest BCUT2D eigenvalue weighted by Crippen LogP contribution is 1.91. The third-order valence-electron chi connectivity index (χ3n) is 1.14. The first-order valence-electron chi connectivity index (χ1n) is 3.10. The lowest BCUT2D eigenvalue weighted by atomic mass is 10.6. The quantitative estimate of drug-likeness (QED) is 0.393. The first-order valence-corrected chi connectivity index (χ1v) is 3.10.